The Morgan fingerprint density at radius 3 is 2.22 bits per heavy atom. The van der Waals surface area contributed by atoms with Crippen LogP contribution in [0.1, 0.15) is 45.7 Å². The van der Waals surface area contributed by atoms with Crippen LogP contribution in [0.4, 0.5) is 0 Å². The molecule has 1 rings (SSSR count). The van der Waals surface area contributed by atoms with Gasteiger partial charge in [0.1, 0.15) is 5.75 Å². The Morgan fingerprint density at radius 1 is 1.11 bits per heavy atom. The van der Waals surface area contributed by atoms with Crippen molar-refractivity contribution in [3.63, 3.8) is 0 Å². The summed E-state index contributed by atoms with van der Waals surface area (Å²) in [5, 5.41) is 0.941. The van der Waals surface area contributed by atoms with Gasteiger partial charge in [0.25, 0.3) is 0 Å². The third-order valence-electron chi connectivity index (χ3n) is 2.92. The summed E-state index contributed by atoms with van der Waals surface area (Å²) in [5.74, 6) is 1.02. The maximum atomic E-state index is 6.04. The molecule has 0 aliphatic rings. The molecule has 18 heavy (non-hydrogen) atoms. The minimum atomic E-state index is 0.111. The van der Waals surface area contributed by atoms with Crippen molar-refractivity contribution in [1.82, 2.24) is 0 Å². The normalized spacial score (nSPS) is 12.6. The summed E-state index contributed by atoms with van der Waals surface area (Å²) < 4.78 is 6.04. The van der Waals surface area contributed by atoms with E-state index in [1.54, 1.807) is 0 Å². The fraction of sp³-hybridized carbons (Fsp3) is 0.625. The maximum Gasteiger partial charge on any atom is 0.123 e. The maximum absolute atomic E-state index is 6.04. The highest BCUT2D eigenvalue weighted by molar-refractivity contribution is 9.09. The lowest BCUT2D eigenvalue weighted by molar-refractivity contribution is 0.199. The second kappa shape index (κ2) is 5.64. The molecule has 0 amide bonds. The van der Waals surface area contributed by atoms with E-state index in [0.717, 1.165) is 17.7 Å². The standard InChI is InChI=1S/C16H25BrO/c1-12-7-8-14(13(9-12)15(2,3)4)18-11-16(5,6)10-17/h7-9H,10-11H2,1-6H3. The molecule has 0 saturated heterocycles. The average Bonchev–Trinajstić information content (AvgIpc) is 2.26. The molecule has 0 N–H and O–H groups in total. The summed E-state index contributed by atoms with van der Waals surface area (Å²) in [6.07, 6.45) is 0. The van der Waals surface area contributed by atoms with Crippen molar-refractivity contribution in [1.29, 1.82) is 0 Å². The quantitative estimate of drug-likeness (QED) is 0.703. The number of hydrogen-bond donors (Lipinski definition) is 0. The van der Waals surface area contributed by atoms with E-state index in [-0.39, 0.29) is 10.8 Å². The summed E-state index contributed by atoms with van der Waals surface area (Å²) in [5.41, 5.74) is 2.83. The Labute approximate surface area is 120 Å². The zero-order chi connectivity index (χ0) is 14.0. The first-order valence-electron chi connectivity index (χ1n) is 6.46. The van der Waals surface area contributed by atoms with Crippen LogP contribution in [0.3, 0.4) is 0 Å². The van der Waals surface area contributed by atoms with E-state index in [1.807, 2.05) is 0 Å². The predicted molar refractivity (Wildman–Crippen MR) is 82.9 cm³/mol. The Kier molecular flexibility index (Phi) is 4.88. The number of hydrogen-bond acceptors (Lipinski definition) is 1. The average molecular weight is 313 g/mol. The van der Waals surface area contributed by atoms with Crippen LogP contribution in [0.2, 0.25) is 0 Å². The molecule has 0 radical (unpaired) electrons. The number of rotatable bonds is 4. The van der Waals surface area contributed by atoms with E-state index in [2.05, 4.69) is 75.7 Å². The second-order valence-corrected chi connectivity index (χ2v) is 7.40. The van der Waals surface area contributed by atoms with Crippen molar-refractivity contribution in [2.45, 2.75) is 47.0 Å². The van der Waals surface area contributed by atoms with Gasteiger partial charge in [-0.3, -0.25) is 0 Å². The molecule has 0 spiro atoms. The minimum Gasteiger partial charge on any atom is -0.493 e. The van der Waals surface area contributed by atoms with Gasteiger partial charge in [0, 0.05) is 10.7 Å². The van der Waals surface area contributed by atoms with Crippen molar-refractivity contribution in [2.24, 2.45) is 5.41 Å². The number of halogens is 1. The smallest absolute Gasteiger partial charge is 0.123 e. The lowest BCUT2D eigenvalue weighted by Gasteiger charge is -2.27. The molecular formula is C16H25BrO. The second-order valence-electron chi connectivity index (χ2n) is 6.84. The summed E-state index contributed by atoms with van der Waals surface area (Å²) in [7, 11) is 0. The SMILES string of the molecule is Cc1ccc(OCC(C)(C)CBr)c(C(C)(C)C)c1. The Hall–Kier alpha value is -0.500. The molecule has 0 unspecified atom stereocenters. The highest BCUT2D eigenvalue weighted by atomic mass is 79.9. The summed E-state index contributed by atoms with van der Waals surface area (Å²) in [6, 6.07) is 6.45. The van der Waals surface area contributed by atoms with E-state index >= 15 is 0 Å². The zero-order valence-electron chi connectivity index (χ0n) is 12.4. The van der Waals surface area contributed by atoms with E-state index in [1.165, 1.54) is 11.1 Å². The topological polar surface area (TPSA) is 9.23 Å². The van der Waals surface area contributed by atoms with Crippen LogP contribution >= 0.6 is 15.9 Å². The van der Waals surface area contributed by atoms with Gasteiger partial charge in [0.15, 0.2) is 0 Å². The van der Waals surface area contributed by atoms with Crippen molar-refractivity contribution in [2.75, 3.05) is 11.9 Å². The third-order valence-corrected chi connectivity index (χ3v) is 4.44. The van der Waals surface area contributed by atoms with Gasteiger partial charge in [0.05, 0.1) is 6.61 Å². The molecule has 2 heteroatoms. The van der Waals surface area contributed by atoms with Gasteiger partial charge in [-0.05, 0) is 24.0 Å². The molecule has 0 saturated carbocycles. The van der Waals surface area contributed by atoms with E-state index in [4.69, 9.17) is 4.74 Å². The molecule has 0 aliphatic heterocycles. The van der Waals surface area contributed by atoms with Crippen molar-refractivity contribution >= 4 is 15.9 Å². The van der Waals surface area contributed by atoms with Crippen LogP contribution in [-0.4, -0.2) is 11.9 Å². The molecule has 0 aromatic heterocycles. The molecular weight excluding hydrogens is 288 g/mol. The predicted octanol–water partition coefficient (Wildman–Crippen LogP) is 5.09. The van der Waals surface area contributed by atoms with Crippen LogP contribution in [0.15, 0.2) is 18.2 Å². The summed E-state index contributed by atoms with van der Waals surface area (Å²) >= 11 is 3.53. The molecule has 0 aliphatic carbocycles. The Bertz CT molecular complexity index is 402. The lowest BCUT2D eigenvalue weighted by Crippen LogP contribution is -2.24. The summed E-state index contributed by atoms with van der Waals surface area (Å²) in [4.78, 5) is 0. The fourth-order valence-electron chi connectivity index (χ4n) is 1.67. The monoisotopic (exact) mass is 312 g/mol. The number of benzene rings is 1. The molecule has 0 atom stereocenters. The first-order chi connectivity index (χ1) is 8.15. The first kappa shape index (κ1) is 15.6. The van der Waals surface area contributed by atoms with E-state index in [0.29, 0.717) is 0 Å². The Balaban J connectivity index is 2.96. The van der Waals surface area contributed by atoms with Crippen molar-refractivity contribution in [3.05, 3.63) is 29.3 Å². The highest BCUT2D eigenvalue weighted by Crippen LogP contribution is 2.33. The van der Waals surface area contributed by atoms with Gasteiger partial charge in [-0.1, -0.05) is 68.2 Å². The van der Waals surface area contributed by atoms with Gasteiger partial charge in [-0.15, -0.1) is 0 Å². The lowest BCUT2D eigenvalue weighted by atomic mass is 9.85. The number of aryl methyl sites for hydroxylation is 1. The van der Waals surface area contributed by atoms with Crippen LogP contribution in [0.25, 0.3) is 0 Å². The molecule has 0 bridgehead atoms. The highest BCUT2D eigenvalue weighted by Gasteiger charge is 2.22. The van der Waals surface area contributed by atoms with Crippen LogP contribution in [0, 0.1) is 12.3 Å². The first-order valence-corrected chi connectivity index (χ1v) is 7.58. The van der Waals surface area contributed by atoms with Crippen molar-refractivity contribution in [3.8, 4) is 5.75 Å². The molecule has 102 valence electrons. The molecule has 1 aromatic rings. The minimum absolute atomic E-state index is 0.111. The fourth-order valence-corrected chi connectivity index (χ4v) is 1.83. The van der Waals surface area contributed by atoms with Crippen molar-refractivity contribution < 1.29 is 4.74 Å². The largest absolute Gasteiger partial charge is 0.493 e. The third kappa shape index (κ3) is 4.31. The van der Waals surface area contributed by atoms with Gasteiger partial charge in [-0.25, -0.2) is 0 Å². The van der Waals surface area contributed by atoms with Gasteiger partial charge in [0.2, 0.25) is 0 Å². The van der Waals surface area contributed by atoms with E-state index in [9.17, 15) is 0 Å². The molecule has 1 nitrogen and oxygen atoms in total. The number of alkyl halides is 1. The summed E-state index contributed by atoms with van der Waals surface area (Å²) in [6.45, 7) is 13.9. The van der Waals surface area contributed by atoms with Gasteiger partial charge in [-0.2, -0.15) is 0 Å². The molecule has 0 heterocycles. The molecule has 0 fully saturated rings. The van der Waals surface area contributed by atoms with Gasteiger partial charge >= 0.3 is 0 Å². The Morgan fingerprint density at radius 2 is 1.72 bits per heavy atom. The van der Waals surface area contributed by atoms with Crippen LogP contribution < -0.4 is 4.74 Å². The van der Waals surface area contributed by atoms with Gasteiger partial charge < -0.3 is 4.74 Å². The number of ether oxygens (including phenoxy) is 1. The van der Waals surface area contributed by atoms with E-state index < -0.39 is 0 Å². The van der Waals surface area contributed by atoms with Crippen LogP contribution in [0.5, 0.6) is 5.75 Å². The zero-order valence-corrected chi connectivity index (χ0v) is 14.0. The van der Waals surface area contributed by atoms with Crippen LogP contribution in [-0.2, 0) is 5.41 Å². The molecule has 1 aromatic carbocycles.